The van der Waals surface area contributed by atoms with E-state index in [1.165, 1.54) is 6.33 Å². The third kappa shape index (κ3) is 5.84. The van der Waals surface area contributed by atoms with Crippen molar-refractivity contribution in [1.29, 1.82) is 0 Å². The number of anilines is 1. The van der Waals surface area contributed by atoms with E-state index in [4.69, 9.17) is 19.3 Å². The Morgan fingerprint density at radius 3 is 2.08 bits per heavy atom. The molecule has 2 aromatic heterocycles. The van der Waals surface area contributed by atoms with E-state index in [-0.39, 0.29) is 24.9 Å². The number of fused-ring (bicyclic) bond motifs is 1. The standard InChI is InChI=1S/C24H46N6O4Si2/c1-7-35(8-2,9-3)33-20-18(15-26-13-14-31)32-24(21(20)34-36(10-4,11-5)12-6)30-17-29-19-22(25)27-16-28-23(19)30/h16-18,20-21,24,26,31H,7-15H2,1-6H3,(H2,25,27,28)/t18-,20?,21-,24-/m1/s1. The van der Waals surface area contributed by atoms with Crippen LogP contribution in [0, 0.1) is 0 Å². The molecule has 1 aliphatic rings. The summed E-state index contributed by atoms with van der Waals surface area (Å²) >= 11 is 0. The van der Waals surface area contributed by atoms with Gasteiger partial charge in [0.15, 0.2) is 34.3 Å². The first-order chi connectivity index (χ1) is 17.4. The largest absolute Gasteiger partial charge is 0.408 e. The number of ether oxygens (including phenoxy) is 1. The van der Waals surface area contributed by atoms with E-state index in [2.05, 4.69) is 61.8 Å². The molecule has 3 heterocycles. The molecule has 1 aliphatic heterocycles. The van der Waals surface area contributed by atoms with Gasteiger partial charge in [0.2, 0.25) is 0 Å². The SMILES string of the molecule is CC[Si](CC)(CC)OC1[C@@H](O[Si](CC)(CC)CC)[C@H](n2cnc3c(N)ncnc32)O[C@@H]1CNCCO. The van der Waals surface area contributed by atoms with Crippen molar-refractivity contribution in [2.75, 3.05) is 25.4 Å². The summed E-state index contributed by atoms with van der Waals surface area (Å²) in [5.41, 5.74) is 7.29. The first-order valence-corrected chi connectivity index (χ1v) is 18.7. The summed E-state index contributed by atoms with van der Waals surface area (Å²) in [6.45, 7) is 14.6. The van der Waals surface area contributed by atoms with E-state index in [0.29, 0.717) is 30.1 Å². The molecule has 36 heavy (non-hydrogen) atoms. The Kier molecular flexibility index (Phi) is 10.4. The van der Waals surface area contributed by atoms with Gasteiger partial charge in [-0.15, -0.1) is 0 Å². The van der Waals surface area contributed by atoms with Crippen LogP contribution < -0.4 is 11.1 Å². The Morgan fingerprint density at radius 2 is 1.53 bits per heavy atom. The maximum Gasteiger partial charge on any atom is 0.192 e. The fraction of sp³-hybridized carbons (Fsp3) is 0.792. The Labute approximate surface area is 217 Å². The highest BCUT2D eigenvalue weighted by molar-refractivity contribution is 6.74. The lowest BCUT2D eigenvalue weighted by atomic mass is 10.1. The summed E-state index contributed by atoms with van der Waals surface area (Å²) in [6, 6.07) is 6.21. The molecular weight excluding hydrogens is 492 g/mol. The molecule has 1 saturated heterocycles. The van der Waals surface area contributed by atoms with E-state index >= 15 is 0 Å². The number of imidazole rings is 1. The van der Waals surface area contributed by atoms with Gasteiger partial charge in [0.05, 0.1) is 12.9 Å². The minimum absolute atomic E-state index is 0.0685. The fourth-order valence-electron chi connectivity index (χ4n) is 5.32. The first kappa shape index (κ1) is 29.1. The third-order valence-electron chi connectivity index (χ3n) is 8.22. The Balaban J connectivity index is 2.10. The van der Waals surface area contributed by atoms with Crippen LogP contribution in [0.15, 0.2) is 12.7 Å². The van der Waals surface area contributed by atoms with Crippen LogP contribution >= 0.6 is 0 Å². The molecule has 3 rings (SSSR count). The van der Waals surface area contributed by atoms with Crippen molar-refractivity contribution in [3.05, 3.63) is 12.7 Å². The molecule has 0 amide bonds. The van der Waals surface area contributed by atoms with Gasteiger partial charge in [-0.1, -0.05) is 41.5 Å². The Hall–Kier alpha value is -1.42. The number of hydrogen-bond acceptors (Lipinski definition) is 9. The van der Waals surface area contributed by atoms with Gasteiger partial charge in [-0.3, -0.25) is 4.57 Å². The normalized spacial score (nSPS) is 23.1. The molecule has 0 spiro atoms. The summed E-state index contributed by atoms with van der Waals surface area (Å²) in [5.74, 6) is 0.344. The second-order valence-electron chi connectivity index (χ2n) is 9.73. The maximum absolute atomic E-state index is 9.37. The van der Waals surface area contributed by atoms with Crippen LogP contribution in [0.25, 0.3) is 11.2 Å². The molecule has 2 aromatic rings. The fourth-order valence-corrected chi connectivity index (χ4v) is 11.0. The molecule has 12 heteroatoms. The van der Waals surface area contributed by atoms with Gasteiger partial charge in [0, 0.05) is 13.1 Å². The van der Waals surface area contributed by atoms with Crippen molar-refractivity contribution >= 4 is 33.6 Å². The number of hydrogen-bond donors (Lipinski definition) is 3. The van der Waals surface area contributed by atoms with E-state index in [9.17, 15) is 5.11 Å². The smallest absolute Gasteiger partial charge is 0.192 e. The minimum Gasteiger partial charge on any atom is -0.408 e. The van der Waals surface area contributed by atoms with Gasteiger partial charge in [-0.25, -0.2) is 15.0 Å². The highest BCUT2D eigenvalue weighted by Gasteiger charge is 2.52. The Bertz CT molecular complexity index is 939. The number of nitrogens with two attached hydrogens (primary N) is 1. The molecule has 0 saturated carbocycles. The zero-order chi connectivity index (χ0) is 26.3. The number of rotatable bonds is 15. The van der Waals surface area contributed by atoms with Crippen molar-refractivity contribution in [1.82, 2.24) is 24.8 Å². The minimum atomic E-state index is -2.03. The average Bonchev–Trinajstić information content (AvgIpc) is 3.48. The number of nitrogens with zero attached hydrogens (tertiary/aromatic N) is 4. The van der Waals surface area contributed by atoms with Gasteiger partial charge in [-0.05, 0) is 36.3 Å². The van der Waals surface area contributed by atoms with Crippen LogP contribution in [0.5, 0.6) is 0 Å². The van der Waals surface area contributed by atoms with Gasteiger partial charge in [0.25, 0.3) is 0 Å². The Morgan fingerprint density at radius 1 is 0.944 bits per heavy atom. The van der Waals surface area contributed by atoms with Gasteiger partial charge in [0.1, 0.15) is 30.2 Å². The van der Waals surface area contributed by atoms with E-state index in [0.717, 1.165) is 36.3 Å². The number of aliphatic hydroxyl groups is 1. The molecule has 0 aliphatic carbocycles. The monoisotopic (exact) mass is 538 g/mol. The summed E-state index contributed by atoms with van der Waals surface area (Å²) in [4.78, 5) is 13.1. The maximum atomic E-state index is 9.37. The molecule has 0 radical (unpaired) electrons. The molecule has 1 unspecified atom stereocenters. The zero-order valence-corrected chi connectivity index (χ0v) is 24.9. The lowest BCUT2D eigenvalue weighted by molar-refractivity contribution is -0.0306. The number of aliphatic hydroxyl groups excluding tert-OH is 1. The second kappa shape index (κ2) is 12.9. The summed E-state index contributed by atoms with van der Waals surface area (Å²) < 4.78 is 23.1. The van der Waals surface area contributed by atoms with Crippen molar-refractivity contribution in [2.45, 2.75) is 102 Å². The molecule has 4 N–H and O–H groups in total. The van der Waals surface area contributed by atoms with Gasteiger partial charge in [-0.2, -0.15) is 0 Å². The number of aromatic nitrogens is 4. The average molecular weight is 539 g/mol. The number of nitrogen functional groups attached to an aromatic ring is 1. The highest BCUT2D eigenvalue weighted by Crippen LogP contribution is 2.41. The molecule has 204 valence electrons. The third-order valence-corrected chi connectivity index (χ3v) is 17.5. The van der Waals surface area contributed by atoms with Crippen molar-refractivity contribution < 1.29 is 18.7 Å². The summed E-state index contributed by atoms with van der Waals surface area (Å²) in [6.07, 6.45) is 1.96. The molecule has 4 atom stereocenters. The highest BCUT2D eigenvalue weighted by atomic mass is 28.4. The molecule has 0 bridgehead atoms. The second-order valence-corrected chi connectivity index (χ2v) is 19.2. The number of nitrogens with one attached hydrogen (secondary N) is 1. The van der Waals surface area contributed by atoms with Crippen molar-refractivity contribution in [3.63, 3.8) is 0 Å². The molecule has 1 fully saturated rings. The van der Waals surface area contributed by atoms with Crippen molar-refractivity contribution in [3.8, 4) is 0 Å². The van der Waals surface area contributed by atoms with Gasteiger partial charge < -0.3 is 29.7 Å². The van der Waals surface area contributed by atoms with Crippen LogP contribution in [0.3, 0.4) is 0 Å². The quantitative estimate of drug-likeness (QED) is 0.230. The molecule has 0 aromatic carbocycles. The first-order valence-electron chi connectivity index (χ1n) is 13.6. The van der Waals surface area contributed by atoms with Crippen LogP contribution in [0.1, 0.15) is 47.8 Å². The molecular formula is C24H46N6O4Si2. The van der Waals surface area contributed by atoms with Gasteiger partial charge >= 0.3 is 0 Å². The van der Waals surface area contributed by atoms with Crippen molar-refractivity contribution in [2.24, 2.45) is 0 Å². The zero-order valence-electron chi connectivity index (χ0n) is 22.9. The van der Waals surface area contributed by atoms with E-state index in [1.807, 2.05) is 4.57 Å². The lowest BCUT2D eigenvalue weighted by Crippen LogP contribution is -2.52. The summed E-state index contributed by atoms with van der Waals surface area (Å²) in [5, 5.41) is 12.7. The van der Waals surface area contributed by atoms with E-state index < -0.39 is 22.9 Å². The molecule has 10 nitrogen and oxygen atoms in total. The van der Waals surface area contributed by atoms with E-state index in [1.54, 1.807) is 6.33 Å². The van der Waals surface area contributed by atoms with Crippen LogP contribution in [0.4, 0.5) is 5.82 Å². The predicted molar refractivity (Wildman–Crippen MR) is 148 cm³/mol. The summed E-state index contributed by atoms with van der Waals surface area (Å²) in [7, 11) is -4.02. The lowest BCUT2D eigenvalue weighted by Gasteiger charge is -2.39. The topological polar surface area (TPSA) is 130 Å². The van der Waals surface area contributed by atoms with Crippen LogP contribution in [-0.2, 0) is 13.6 Å². The predicted octanol–water partition coefficient (Wildman–Crippen LogP) is 3.67. The van der Waals surface area contributed by atoms with Crippen LogP contribution in [0.2, 0.25) is 36.3 Å². The van der Waals surface area contributed by atoms with Crippen LogP contribution in [-0.4, -0.2) is 79.3 Å².